The second-order valence-electron chi connectivity index (χ2n) is 4.06. The number of hydrogen-bond acceptors (Lipinski definition) is 3. The van der Waals surface area contributed by atoms with E-state index in [1.807, 2.05) is 18.7 Å². The summed E-state index contributed by atoms with van der Waals surface area (Å²) in [6.45, 7) is 5.72. The van der Waals surface area contributed by atoms with E-state index in [2.05, 4.69) is 62.5 Å². The maximum Gasteiger partial charge on any atom is 0.147 e. The van der Waals surface area contributed by atoms with E-state index < -0.39 is 0 Å². The van der Waals surface area contributed by atoms with Crippen molar-refractivity contribution in [2.45, 2.75) is 26.4 Å². The standard InChI is InChI=1S/C13H19Br2NOS/c1-4-17-13-11(14)5-10(6-12(13)15)7-16-9(2)8-18-3/h5-6,9,16H,4,7-8H2,1-3H3. The Hall–Kier alpha value is 0.290. The summed E-state index contributed by atoms with van der Waals surface area (Å²) in [4.78, 5) is 0. The Balaban J connectivity index is 2.68. The lowest BCUT2D eigenvalue weighted by atomic mass is 10.2. The van der Waals surface area contributed by atoms with Crippen LogP contribution in [0.15, 0.2) is 21.1 Å². The van der Waals surface area contributed by atoms with Crippen molar-refractivity contribution in [1.82, 2.24) is 5.32 Å². The fourth-order valence-electron chi connectivity index (χ4n) is 1.60. The first-order valence-corrected chi connectivity index (χ1v) is 8.89. The molecular weight excluding hydrogens is 378 g/mol. The average Bonchev–Trinajstić information content (AvgIpc) is 2.32. The van der Waals surface area contributed by atoms with Crippen LogP contribution in [0.5, 0.6) is 5.75 Å². The molecule has 2 nitrogen and oxygen atoms in total. The van der Waals surface area contributed by atoms with Crippen molar-refractivity contribution in [2.75, 3.05) is 18.6 Å². The minimum absolute atomic E-state index is 0.518. The van der Waals surface area contributed by atoms with Crippen LogP contribution in [0.4, 0.5) is 0 Å². The van der Waals surface area contributed by atoms with Crippen molar-refractivity contribution in [3.05, 3.63) is 26.6 Å². The van der Waals surface area contributed by atoms with Gasteiger partial charge >= 0.3 is 0 Å². The van der Waals surface area contributed by atoms with Crippen molar-refractivity contribution in [1.29, 1.82) is 0 Å². The lowest BCUT2D eigenvalue weighted by molar-refractivity contribution is 0.336. The molecule has 1 rings (SSSR count). The van der Waals surface area contributed by atoms with Gasteiger partial charge in [0.25, 0.3) is 0 Å². The van der Waals surface area contributed by atoms with Crippen LogP contribution in [0.25, 0.3) is 0 Å². The van der Waals surface area contributed by atoms with Gasteiger partial charge in [0, 0.05) is 18.3 Å². The van der Waals surface area contributed by atoms with Gasteiger partial charge < -0.3 is 10.1 Å². The third-order valence-corrected chi connectivity index (χ3v) is 4.43. The molecule has 0 aliphatic carbocycles. The SMILES string of the molecule is CCOc1c(Br)cc(CNC(C)CSC)cc1Br. The summed E-state index contributed by atoms with van der Waals surface area (Å²) in [5, 5.41) is 3.50. The molecule has 0 amide bonds. The van der Waals surface area contributed by atoms with E-state index in [1.165, 1.54) is 5.56 Å². The zero-order valence-corrected chi connectivity index (χ0v) is 14.9. The highest BCUT2D eigenvalue weighted by molar-refractivity contribution is 9.11. The second kappa shape index (κ2) is 8.46. The fourth-order valence-corrected chi connectivity index (χ4v) is 3.73. The Morgan fingerprint density at radius 2 is 1.94 bits per heavy atom. The molecule has 102 valence electrons. The van der Waals surface area contributed by atoms with Crippen molar-refractivity contribution < 1.29 is 4.74 Å². The Labute approximate surface area is 131 Å². The molecule has 5 heteroatoms. The van der Waals surface area contributed by atoms with E-state index in [0.29, 0.717) is 12.6 Å². The van der Waals surface area contributed by atoms with Crippen LogP contribution in [0.2, 0.25) is 0 Å². The van der Waals surface area contributed by atoms with Crippen LogP contribution in [-0.4, -0.2) is 24.7 Å². The maximum absolute atomic E-state index is 5.57. The quantitative estimate of drug-likeness (QED) is 0.735. The minimum atomic E-state index is 0.518. The van der Waals surface area contributed by atoms with E-state index >= 15 is 0 Å². The summed E-state index contributed by atoms with van der Waals surface area (Å²) < 4.78 is 7.56. The Morgan fingerprint density at radius 1 is 1.33 bits per heavy atom. The first-order valence-electron chi connectivity index (χ1n) is 5.91. The topological polar surface area (TPSA) is 21.3 Å². The van der Waals surface area contributed by atoms with Crippen molar-refractivity contribution in [2.24, 2.45) is 0 Å². The van der Waals surface area contributed by atoms with Gasteiger partial charge in [0.2, 0.25) is 0 Å². The van der Waals surface area contributed by atoms with Gasteiger partial charge in [-0.3, -0.25) is 0 Å². The number of rotatable bonds is 7. The highest BCUT2D eigenvalue weighted by Crippen LogP contribution is 2.34. The summed E-state index contributed by atoms with van der Waals surface area (Å²) in [6, 6.07) is 4.73. The third-order valence-electron chi connectivity index (χ3n) is 2.42. The molecular formula is C13H19Br2NOS. The first-order chi connectivity index (χ1) is 8.58. The van der Waals surface area contributed by atoms with E-state index in [-0.39, 0.29) is 0 Å². The summed E-state index contributed by atoms with van der Waals surface area (Å²) in [7, 11) is 0. The Bertz CT molecular complexity index is 364. The molecule has 1 aromatic rings. The molecule has 0 bridgehead atoms. The number of nitrogens with one attached hydrogen (secondary N) is 1. The minimum Gasteiger partial charge on any atom is -0.492 e. The molecule has 0 aliphatic heterocycles. The largest absolute Gasteiger partial charge is 0.492 e. The number of halogens is 2. The van der Waals surface area contributed by atoms with Gasteiger partial charge in [0.15, 0.2) is 0 Å². The average molecular weight is 397 g/mol. The number of thioether (sulfide) groups is 1. The monoisotopic (exact) mass is 395 g/mol. The molecule has 1 atom stereocenters. The molecule has 0 aromatic heterocycles. The van der Waals surface area contributed by atoms with Gasteiger partial charge in [0.05, 0.1) is 15.6 Å². The Kier molecular flexibility index (Phi) is 7.68. The van der Waals surface area contributed by atoms with Gasteiger partial charge in [0.1, 0.15) is 5.75 Å². The predicted molar refractivity (Wildman–Crippen MR) is 87.7 cm³/mol. The van der Waals surface area contributed by atoms with Crippen molar-refractivity contribution in [3.63, 3.8) is 0 Å². The smallest absolute Gasteiger partial charge is 0.147 e. The fraction of sp³-hybridized carbons (Fsp3) is 0.538. The van der Waals surface area contributed by atoms with Gasteiger partial charge in [-0.05, 0) is 69.7 Å². The highest BCUT2D eigenvalue weighted by Gasteiger charge is 2.09. The summed E-state index contributed by atoms with van der Waals surface area (Å²) in [5.74, 6) is 2.00. The molecule has 1 N–H and O–H groups in total. The molecule has 1 aromatic carbocycles. The van der Waals surface area contributed by atoms with Gasteiger partial charge in [-0.2, -0.15) is 11.8 Å². The van der Waals surface area contributed by atoms with Crippen LogP contribution in [-0.2, 0) is 6.54 Å². The van der Waals surface area contributed by atoms with Gasteiger partial charge in [-0.25, -0.2) is 0 Å². The van der Waals surface area contributed by atoms with Crippen molar-refractivity contribution >= 4 is 43.6 Å². The van der Waals surface area contributed by atoms with E-state index in [0.717, 1.165) is 27.0 Å². The molecule has 18 heavy (non-hydrogen) atoms. The summed E-state index contributed by atoms with van der Waals surface area (Å²) >= 11 is 8.96. The third kappa shape index (κ3) is 5.11. The number of hydrogen-bond donors (Lipinski definition) is 1. The predicted octanol–water partition coefficient (Wildman–Crippen LogP) is 4.45. The van der Waals surface area contributed by atoms with Crippen LogP contribution in [0.1, 0.15) is 19.4 Å². The highest BCUT2D eigenvalue weighted by atomic mass is 79.9. The molecule has 0 saturated carbocycles. The van der Waals surface area contributed by atoms with Crippen LogP contribution < -0.4 is 10.1 Å². The molecule has 0 aliphatic rings. The lowest BCUT2D eigenvalue weighted by Crippen LogP contribution is -2.27. The molecule has 0 heterocycles. The van der Waals surface area contributed by atoms with Crippen LogP contribution in [0.3, 0.4) is 0 Å². The maximum atomic E-state index is 5.57. The van der Waals surface area contributed by atoms with E-state index in [4.69, 9.17) is 4.74 Å². The number of ether oxygens (including phenoxy) is 1. The summed E-state index contributed by atoms with van der Waals surface area (Å²) in [6.07, 6.45) is 2.13. The van der Waals surface area contributed by atoms with E-state index in [1.54, 1.807) is 0 Å². The normalized spacial score (nSPS) is 12.5. The Morgan fingerprint density at radius 3 is 2.44 bits per heavy atom. The van der Waals surface area contributed by atoms with Crippen LogP contribution >= 0.6 is 43.6 Å². The molecule has 0 fully saturated rings. The molecule has 0 spiro atoms. The second-order valence-corrected chi connectivity index (χ2v) is 6.68. The number of benzene rings is 1. The van der Waals surface area contributed by atoms with E-state index in [9.17, 15) is 0 Å². The molecule has 1 unspecified atom stereocenters. The zero-order valence-electron chi connectivity index (χ0n) is 10.9. The molecule has 0 saturated heterocycles. The zero-order chi connectivity index (χ0) is 13.5. The molecule has 0 radical (unpaired) electrons. The van der Waals surface area contributed by atoms with Crippen molar-refractivity contribution in [3.8, 4) is 5.75 Å². The van der Waals surface area contributed by atoms with Gasteiger partial charge in [-0.1, -0.05) is 0 Å². The summed E-state index contributed by atoms with van der Waals surface area (Å²) in [5.41, 5.74) is 1.24. The van der Waals surface area contributed by atoms with Crippen LogP contribution in [0, 0.1) is 0 Å². The lowest BCUT2D eigenvalue weighted by Gasteiger charge is -2.14. The first kappa shape index (κ1) is 16.3. The van der Waals surface area contributed by atoms with Gasteiger partial charge in [-0.15, -0.1) is 0 Å².